The van der Waals surface area contributed by atoms with E-state index in [-0.39, 0.29) is 12.5 Å². The third-order valence-electron chi connectivity index (χ3n) is 2.54. The summed E-state index contributed by atoms with van der Waals surface area (Å²) in [5, 5.41) is 5.73. The normalized spacial score (nSPS) is 11.8. The minimum atomic E-state index is -0.796. The van der Waals surface area contributed by atoms with Crippen LogP contribution in [-0.2, 0) is 16.1 Å². The molecule has 0 spiro atoms. The van der Waals surface area contributed by atoms with Crippen LogP contribution in [0.5, 0.6) is 0 Å². The molecule has 104 valence electrons. The number of aromatic nitrogens is 2. The Morgan fingerprint density at radius 3 is 2.70 bits per heavy atom. The molecule has 0 bridgehead atoms. The molecular formula is C13H13ClN4O2. The predicted octanol–water partition coefficient (Wildman–Crippen LogP) is 1.29. The lowest BCUT2D eigenvalue weighted by atomic mass is 10.1. The average molecular weight is 293 g/mol. The van der Waals surface area contributed by atoms with Gasteiger partial charge in [-0.15, -0.1) is 11.6 Å². The number of amides is 2. The largest absolute Gasteiger partial charge is 0.368 e. The standard InChI is InChI=1S/C13H13ClN4O2/c14-12(9-4-2-1-3-5-9)13(20)17-10-6-16-18(7-10)8-11(15)19/h1-7,12H,8H2,(H2,15,19)(H,17,20). The van der Waals surface area contributed by atoms with Gasteiger partial charge >= 0.3 is 0 Å². The number of carbonyl (C=O) groups is 2. The van der Waals surface area contributed by atoms with Crippen LogP contribution in [0.3, 0.4) is 0 Å². The Morgan fingerprint density at radius 1 is 1.35 bits per heavy atom. The number of nitrogens with two attached hydrogens (primary N) is 1. The van der Waals surface area contributed by atoms with Crippen molar-refractivity contribution in [3.63, 3.8) is 0 Å². The highest BCUT2D eigenvalue weighted by Gasteiger charge is 2.17. The van der Waals surface area contributed by atoms with E-state index >= 15 is 0 Å². The molecule has 20 heavy (non-hydrogen) atoms. The molecule has 0 aliphatic rings. The van der Waals surface area contributed by atoms with Crippen molar-refractivity contribution in [3.8, 4) is 0 Å². The van der Waals surface area contributed by atoms with Crippen molar-refractivity contribution in [2.75, 3.05) is 5.32 Å². The molecule has 1 aromatic carbocycles. The van der Waals surface area contributed by atoms with Crippen LogP contribution < -0.4 is 11.1 Å². The van der Waals surface area contributed by atoms with Gasteiger partial charge in [0.2, 0.25) is 11.8 Å². The molecule has 2 amide bonds. The summed E-state index contributed by atoms with van der Waals surface area (Å²) in [6.45, 7) is -0.0428. The van der Waals surface area contributed by atoms with E-state index in [9.17, 15) is 9.59 Å². The highest BCUT2D eigenvalue weighted by molar-refractivity contribution is 6.32. The summed E-state index contributed by atoms with van der Waals surface area (Å²) in [4.78, 5) is 22.7. The lowest BCUT2D eigenvalue weighted by Crippen LogP contribution is -2.19. The van der Waals surface area contributed by atoms with E-state index in [0.29, 0.717) is 11.3 Å². The molecule has 6 nitrogen and oxygen atoms in total. The van der Waals surface area contributed by atoms with Crippen LogP contribution in [0.1, 0.15) is 10.9 Å². The minimum Gasteiger partial charge on any atom is -0.368 e. The van der Waals surface area contributed by atoms with E-state index in [1.807, 2.05) is 18.2 Å². The van der Waals surface area contributed by atoms with Crippen molar-refractivity contribution in [2.45, 2.75) is 11.9 Å². The van der Waals surface area contributed by atoms with Gasteiger partial charge in [0.05, 0.1) is 11.9 Å². The maximum absolute atomic E-state index is 12.0. The Morgan fingerprint density at radius 2 is 2.05 bits per heavy atom. The summed E-state index contributed by atoms with van der Waals surface area (Å²) in [5.74, 6) is -0.873. The zero-order chi connectivity index (χ0) is 14.5. The maximum Gasteiger partial charge on any atom is 0.247 e. The van der Waals surface area contributed by atoms with Gasteiger partial charge in [-0.05, 0) is 5.56 Å². The molecule has 1 heterocycles. The zero-order valence-electron chi connectivity index (χ0n) is 10.5. The second-order valence-corrected chi connectivity index (χ2v) is 4.59. The van der Waals surface area contributed by atoms with Gasteiger partial charge < -0.3 is 11.1 Å². The Balaban J connectivity index is 2.01. The summed E-state index contributed by atoms with van der Waals surface area (Å²) in [6.07, 6.45) is 2.94. The number of alkyl halides is 1. The second-order valence-electron chi connectivity index (χ2n) is 4.16. The summed E-state index contributed by atoms with van der Waals surface area (Å²) < 4.78 is 1.34. The number of anilines is 1. The average Bonchev–Trinajstić information content (AvgIpc) is 2.85. The van der Waals surface area contributed by atoms with Crippen molar-refractivity contribution >= 4 is 29.1 Å². The molecular weight excluding hydrogens is 280 g/mol. The summed E-state index contributed by atoms with van der Waals surface area (Å²) in [5.41, 5.74) is 6.21. The number of benzene rings is 1. The lowest BCUT2D eigenvalue weighted by Gasteiger charge is -2.09. The molecule has 3 N–H and O–H groups in total. The molecule has 0 aliphatic carbocycles. The Hall–Kier alpha value is -2.34. The monoisotopic (exact) mass is 292 g/mol. The number of nitrogens with zero attached hydrogens (tertiary/aromatic N) is 2. The summed E-state index contributed by atoms with van der Waals surface area (Å²) in [7, 11) is 0. The first-order chi connectivity index (χ1) is 9.56. The number of primary amides is 1. The molecule has 0 aliphatic heterocycles. The fraction of sp³-hybridized carbons (Fsp3) is 0.154. The van der Waals surface area contributed by atoms with E-state index < -0.39 is 11.3 Å². The second kappa shape index (κ2) is 6.21. The van der Waals surface area contributed by atoms with Crippen LogP contribution in [0.25, 0.3) is 0 Å². The SMILES string of the molecule is NC(=O)Cn1cc(NC(=O)C(Cl)c2ccccc2)cn1. The zero-order valence-corrected chi connectivity index (χ0v) is 11.2. The number of carbonyl (C=O) groups excluding carboxylic acids is 2. The van der Waals surface area contributed by atoms with Gasteiger partial charge in [0.25, 0.3) is 0 Å². The predicted molar refractivity (Wildman–Crippen MR) is 75.1 cm³/mol. The van der Waals surface area contributed by atoms with Crippen LogP contribution in [0.4, 0.5) is 5.69 Å². The highest BCUT2D eigenvalue weighted by Crippen LogP contribution is 2.21. The van der Waals surface area contributed by atoms with Gasteiger partial charge in [0.1, 0.15) is 11.9 Å². The fourth-order valence-electron chi connectivity index (χ4n) is 1.65. The number of nitrogens with one attached hydrogen (secondary N) is 1. The van der Waals surface area contributed by atoms with Gasteiger partial charge in [-0.25, -0.2) is 0 Å². The quantitative estimate of drug-likeness (QED) is 0.814. The molecule has 0 radical (unpaired) electrons. The van der Waals surface area contributed by atoms with Crippen molar-refractivity contribution in [3.05, 3.63) is 48.3 Å². The number of halogens is 1. The topological polar surface area (TPSA) is 90.0 Å². The molecule has 1 atom stereocenters. The number of hydrogen-bond donors (Lipinski definition) is 2. The Labute approximate surface area is 120 Å². The summed E-state index contributed by atoms with van der Waals surface area (Å²) >= 11 is 6.08. The smallest absolute Gasteiger partial charge is 0.247 e. The Kier molecular flexibility index (Phi) is 4.37. The van der Waals surface area contributed by atoms with Crippen LogP contribution in [-0.4, -0.2) is 21.6 Å². The van der Waals surface area contributed by atoms with Crippen molar-refractivity contribution in [1.29, 1.82) is 0 Å². The van der Waals surface area contributed by atoms with Crippen LogP contribution in [0, 0.1) is 0 Å². The van der Waals surface area contributed by atoms with Crippen LogP contribution >= 0.6 is 11.6 Å². The minimum absolute atomic E-state index is 0.0428. The molecule has 0 fully saturated rings. The highest BCUT2D eigenvalue weighted by atomic mass is 35.5. The van der Waals surface area contributed by atoms with Gasteiger partial charge in [-0.2, -0.15) is 5.10 Å². The van der Waals surface area contributed by atoms with Gasteiger partial charge in [-0.3, -0.25) is 14.3 Å². The molecule has 0 saturated carbocycles. The van der Waals surface area contributed by atoms with E-state index in [1.54, 1.807) is 12.1 Å². The fourth-order valence-corrected chi connectivity index (χ4v) is 1.85. The van der Waals surface area contributed by atoms with Crippen molar-refractivity contribution in [2.24, 2.45) is 5.73 Å². The van der Waals surface area contributed by atoms with Crippen LogP contribution in [0.2, 0.25) is 0 Å². The third-order valence-corrected chi connectivity index (χ3v) is 2.99. The first-order valence-electron chi connectivity index (χ1n) is 5.87. The molecule has 0 saturated heterocycles. The number of hydrogen-bond acceptors (Lipinski definition) is 3. The Bertz CT molecular complexity index is 612. The van der Waals surface area contributed by atoms with Gasteiger partial charge in [0.15, 0.2) is 0 Å². The molecule has 7 heteroatoms. The van der Waals surface area contributed by atoms with Crippen LogP contribution in [0.15, 0.2) is 42.7 Å². The number of rotatable bonds is 5. The van der Waals surface area contributed by atoms with E-state index in [0.717, 1.165) is 0 Å². The van der Waals surface area contributed by atoms with Gasteiger partial charge in [-0.1, -0.05) is 30.3 Å². The molecule has 1 unspecified atom stereocenters. The van der Waals surface area contributed by atoms with Gasteiger partial charge in [0, 0.05) is 6.20 Å². The van der Waals surface area contributed by atoms with Crippen molar-refractivity contribution in [1.82, 2.24) is 9.78 Å². The van der Waals surface area contributed by atoms with Crippen molar-refractivity contribution < 1.29 is 9.59 Å². The molecule has 2 rings (SSSR count). The molecule has 1 aromatic heterocycles. The van der Waals surface area contributed by atoms with E-state index in [4.69, 9.17) is 17.3 Å². The maximum atomic E-state index is 12.0. The third kappa shape index (κ3) is 3.58. The van der Waals surface area contributed by atoms with E-state index in [2.05, 4.69) is 10.4 Å². The lowest BCUT2D eigenvalue weighted by molar-refractivity contribution is -0.118. The van der Waals surface area contributed by atoms with E-state index in [1.165, 1.54) is 17.1 Å². The first-order valence-corrected chi connectivity index (χ1v) is 6.30. The summed E-state index contributed by atoms with van der Waals surface area (Å²) in [6, 6.07) is 9.01. The first kappa shape index (κ1) is 14.1. The molecule has 2 aromatic rings.